The Bertz CT molecular complexity index is 410. The Balaban J connectivity index is 2.92. The van der Waals surface area contributed by atoms with E-state index in [0.717, 1.165) is 3.57 Å². The predicted octanol–water partition coefficient (Wildman–Crippen LogP) is 2.41. The highest BCUT2D eigenvalue weighted by atomic mass is 127. The molecule has 0 aromatic heterocycles. The number of anilines is 1. The number of rotatable bonds is 5. The Morgan fingerprint density at radius 3 is 2.76 bits per heavy atom. The molecular weight excluding hydrogens is 335 g/mol. The summed E-state index contributed by atoms with van der Waals surface area (Å²) in [5.41, 5.74) is 0.682. The molecule has 5 nitrogen and oxygen atoms in total. The molecule has 1 N–H and O–H groups in total. The van der Waals surface area contributed by atoms with Crippen molar-refractivity contribution in [2.45, 2.75) is 19.4 Å². The highest BCUT2D eigenvalue weighted by molar-refractivity contribution is 14.1. The van der Waals surface area contributed by atoms with Crippen molar-refractivity contribution in [1.29, 1.82) is 0 Å². The van der Waals surface area contributed by atoms with Gasteiger partial charge < -0.3 is 10.0 Å². The van der Waals surface area contributed by atoms with Crippen LogP contribution in [0.3, 0.4) is 0 Å². The number of nitro benzene ring substituents is 1. The van der Waals surface area contributed by atoms with Gasteiger partial charge in [-0.2, -0.15) is 0 Å². The molecule has 1 atom stereocenters. The first-order valence-electron chi connectivity index (χ1n) is 5.25. The number of hydrogen-bond acceptors (Lipinski definition) is 4. The van der Waals surface area contributed by atoms with Crippen LogP contribution in [0.4, 0.5) is 11.4 Å². The van der Waals surface area contributed by atoms with Gasteiger partial charge in [-0.1, -0.05) is 0 Å². The van der Waals surface area contributed by atoms with E-state index >= 15 is 0 Å². The summed E-state index contributed by atoms with van der Waals surface area (Å²) in [7, 11) is 1.79. The number of nitro groups is 1. The van der Waals surface area contributed by atoms with Crippen molar-refractivity contribution >= 4 is 34.0 Å². The van der Waals surface area contributed by atoms with Gasteiger partial charge in [0.2, 0.25) is 0 Å². The van der Waals surface area contributed by atoms with Gasteiger partial charge in [0.1, 0.15) is 5.69 Å². The molecule has 17 heavy (non-hydrogen) atoms. The van der Waals surface area contributed by atoms with Gasteiger partial charge in [-0.15, -0.1) is 0 Å². The van der Waals surface area contributed by atoms with Gasteiger partial charge in [0.15, 0.2) is 0 Å². The van der Waals surface area contributed by atoms with E-state index in [0.29, 0.717) is 18.7 Å². The molecule has 0 aliphatic heterocycles. The Morgan fingerprint density at radius 1 is 1.59 bits per heavy atom. The molecule has 0 spiro atoms. The van der Waals surface area contributed by atoms with Crippen molar-refractivity contribution in [1.82, 2.24) is 0 Å². The van der Waals surface area contributed by atoms with E-state index in [4.69, 9.17) is 0 Å². The van der Waals surface area contributed by atoms with Crippen molar-refractivity contribution in [3.63, 3.8) is 0 Å². The summed E-state index contributed by atoms with van der Waals surface area (Å²) >= 11 is 2.05. The molecule has 1 rings (SSSR count). The molecule has 0 heterocycles. The minimum atomic E-state index is -0.402. The van der Waals surface area contributed by atoms with Gasteiger partial charge in [-0.3, -0.25) is 10.1 Å². The lowest BCUT2D eigenvalue weighted by molar-refractivity contribution is -0.384. The maximum Gasteiger partial charge on any atom is 0.293 e. The number of hydrogen-bond donors (Lipinski definition) is 1. The standard InChI is InChI=1S/C11H15IN2O3/c1-8(15)5-6-13(2)10-4-3-9(12)7-11(10)14(16)17/h3-4,7-8,15H,5-6H2,1-2H3. The highest BCUT2D eigenvalue weighted by Gasteiger charge is 2.17. The third-order valence-electron chi connectivity index (χ3n) is 2.43. The van der Waals surface area contributed by atoms with E-state index in [1.165, 1.54) is 0 Å². The Kier molecular flexibility index (Phi) is 5.13. The Hall–Kier alpha value is -0.890. The Morgan fingerprint density at radius 2 is 2.24 bits per heavy atom. The second-order valence-electron chi connectivity index (χ2n) is 3.95. The number of aliphatic hydroxyl groups excluding tert-OH is 1. The maximum atomic E-state index is 10.9. The van der Waals surface area contributed by atoms with Crippen LogP contribution in [-0.2, 0) is 0 Å². The summed E-state index contributed by atoms with van der Waals surface area (Å²) in [5.74, 6) is 0. The summed E-state index contributed by atoms with van der Waals surface area (Å²) in [6, 6.07) is 5.12. The summed E-state index contributed by atoms with van der Waals surface area (Å²) in [4.78, 5) is 12.4. The molecular formula is C11H15IN2O3. The van der Waals surface area contributed by atoms with Gasteiger partial charge in [0.25, 0.3) is 5.69 Å². The molecule has 0 saturated carbocycles. The number of nitrogens with zero attached hydrogens (tertiary/aromatic N) is 2. The molecule has 0 amide bonds. The van der Waals surface area contributed by atoms with Crippen molar-refractivity contribution < 1.29 is 10.0 Å². The molecule has 1 aromatic rings. The fourth-order valence-corrected chi connectivity index (χ4v) is 1.94. The van der Waals surface area contributed by atoms with Crippen molar-refractivity contribution in [2.75, 3.05) is 18.5 Å². The van der Waals surface area contributed by atoms with Crippen LogP contribution in [0.15, 0.2) is 18.2 Å². The summed E-state index contributed by atoms with van der Waals surface area (Å²) in [6.45, 7) is 2.29. The van der Waals surface area contributed by atoms with Gasteiger partial charge in [0, 0.05) is 23.2 Å². The van der Waals surface area contributed by atoms with Crippen molar-refractivity contribution in [2.24, 2.45) is 0 Å². The average Bonchev–Trinajstić information content (AvgIpc) is 2.25. The first-order valence-corrected chi connectivity index (χ1v) is 6.33. The van der Waals surface area contributed by atoms with Crippen molar-refractivity contribution in [3.05, 3.63) is 31.9 Å². The minimum absolute atomic E-state index is 0.102. The quantitative estimate of drug-likeness (QED) is 0.503. The molecule has 6 heteroatoms. The summed E-state index contributed by atoms with van der Waals surface area (Å²) in [6.07, 6.45) is 0.181. The van der Waals surface area contributed by atoms with Gasteiger partial charge in [-0.25, -0.2) is 0 Å². The number of benzene rings is 1. The van der Waals surface area contributed by atoms with Gasteiger partial charge in [0.05, 0.1) is 11.0 Å². The van der Waals surface area contributed by atoms with Crippen LogP contribution in [0.25, 0.3) is 0 Å². The van der Waals surface area contributed by atoms with Crippen LogP contribution < -0.4 is 4.90 Å². The number of aliphatic hydroxyl groups is 1. The molecule has 1 aromatic carbocycles. The second-order valence-corrected chi connectivity index (χ2v) is 5.20. The van der Waals surface area contributed by atoms with Crippen molar-refractivity contribution in [3.8, 4) is 0 Å². The number of halogens is 1. The third-order valence-corrected chi connectivity index (χ3v) is 3.10. The Labute approximate surface area is 114 Å². The van der Waals surface area contributed by atoms with E-state index in [9.17, 15) is 15.2 Å². The largest absolute Gasteiger partial charge is 0.393 e. The zero-order chi connectivity index (χ0) is 13.0. The fraction of sp³-hybridized carbons (Fsp3) is 0.455. The monoisotopic (exact) mass is 350 g/mol. The highest BCUT2D eigenvalue weighted by Crippen LogP contribution is 2.29. The fourth-order valence-electron chi connectivity index (χ4n) is 1.47. The molecule has 1 unspecified atom stereocenters. The topological polar surface area (TPSA) is 66.6 Å². The molecule has 0 saturated heterocycles. The smallest absolute Gasteiger partial charge is 0.293 e. The van der Waals surface area contributed by atoms with E-state index in [1.807, 2.05) is 28.7 Å². The lowest BCUT2D eigenvalue weighted by Gasteiger charge is -2.19. The van der Waals surface area contributed by atoms with Crippen LogP contribution in [0.1, 0.15) is 13.3 Å². The summed E-state index contributed by atoms with van der Waals surface area (Å²) in [5, 5.41) is 20.2. The van der Waals surface area contributed by atoms with Crippen LogP contribution in [0.5, 0.6) is 0 Å². The first-order chi connectivity index (χ1) is 7.91. The molecule has 0 bridgehead atoms. The maximum absolute atomic E-state index is 10.9. The minimum Gasteiger partial charge on any atom is -0.393 e. The first kappa shape index (κ1) is 14.2. The van der Waals surface area contributed by atoms with E-state index in [2.05, 4.69) is 0 Å². The molecule has 0 aliphatic rings. The SMILES string of the molecule is CC(O)CCN(C)c1ccc(I)cc1[N+](=O)[O-]. The average molecular weight is 350 g/mol. The third kappa shape index (κ3) is 4.12. The molecule has 0 fully saturated rings. The predicted molar refractivity (Wildman–Crippen MR) is 75.4 cm³/mol. The van der Waals surface area contributed by atoms with Crippen LogP contribution in [-0.4, -0.2) is 29.7 Å². The van der Waals surface area contributed by atoms with Crippen LogP contribution in [0.2, 0.25) is 0 Å². The molecule has 0 aliphatic carbocycles. The zero-order valence-electron chi connectivity index (χ0n) is 9.76. The van der Waals surface area contributed by atoms with Crippen LogP contribution in [0, 0.1) is 13.7 Å². The second kappa shape index (κ2) is 6.15. The molecule has 94 valence electrons. The lowest BCUT2D eigenvalue weighted by atomic mass is 10.2. The van der Waals surface area contributed by atoms with E-state index in [-0.39, 0.29) is 10.6 Å². The normalized spacial score (nSPS) is 12.2. The van der Waals surface area contributed by atoms with E-state index in [1.54, 1.807) is 31.0 Å². The molecule has 0 radical (unpaired) electrons. The van der Waals surface area contributed by atoms with Gasteiger partial charge >= 0.3 is 0 Å². The summed E-state index contributed by atoms with van der Waals surface area (Å²) < 4.78 is 0.835. The van der Waals surface area contributed by atoms with E-state index < -0.39 is 6.10 Å². The lowest BCUT2D eigenvalue weighted by Crippen LogP contribution is -2.22. The van der Waals surface area contributed by atoms with Crippen LogP contribution >= 0.6 is 22.6 Å². The zero-order valence-corrected chi connectivity index (χ0v) is 11.9. The van der Waals surface area contributed by atoms with Gasteiger partial charge in [-0.05, 0) is 48.1 Å².